The quantitative estimate of drug-likeness (QED) is 0.385. The molecule has 32 valence electrons. The number of rotatable bonds is 0. The maximum absolute atomic E-state index is 2.39. The second-order valence-electron chi connectivity index (χ2n) is 3.00. The molecule has 0 saturated heterocycles. The van der Waals surface area contributed by atoms with Gasteiger partial charge >= 0.3 is 0 Å². The van der Waals surface area contributed by atoms with E-state index in [1.165, 1.54) is 9.76 Å². The molecule has 5 heavy (non-hydrogen) atoms. The SMILES string of the molecule is C[Si](C)(C)[SiH3]. The molecule has 2 heteroatoms. The zero-order valence-electron chi connectivity index (χ0n) is 4.50. The molecule has 0 nitrogen and oxygen atoms in total. The predicted octanol–water partition coefficient (Wildman–Crippen LogP) is 0.187. The smallest absolute Gasteiger partial charge is 0.0271 e. The van der Waals surface area contributed by atoms with Gasteiger partial charge in [0.05, 0.1) is 0 Å². The number of hydrogen-bond donors (Lipinski definition) is 0. The van der Waals surface area contributed by atoms with Crippen LogP contribution in [0.3, 0.4) is 0 Å². The van der Waals surface area contributed by atoms with Crippen molar-refractivity contribution in [3.05, 3.63) is 0 Å². The predicted molar refractivity (Wildman–Crippen MR) is 33.3 cm³/mol. The molecule has 0 fully saturated rings. The summed E-state index contributed by atoms with van der Waals surface area (Å²) in [6.07, 6.45) is 0. The summed E-state index contributed by atoms with van der Waals surface area (Å²) in [5.74, 6) is 0. The minimum absolute atomic E-state index is 0.472. The lowest BCUT2D eigenvalue weighted by Gasteiger charge is -2.01. The zero-order chi connectivity index (χ0) is 4.50. The summed E-state index contributed by atoms with van der Waals surface area (Å²) in [5.41, 5.74) is 0. The van der Waals surface area contributed by atoms with Gasteiger partial charge in [-0.15, -0.1) is 0 Å². The van der Waals surface area contributed by atoms with Crippen molar-refractivity contribution in [3.63, 3.8) is 0 Å². The van der Waals surface area contributed by atoms with Crippen molar-refractivity contribution in [3.8, 4) is 0 Å². The van der Waals surface area contributed by atoms with Crippen LogP contribution < -0.4 is 0 Å². The van der Waals surface area contributed by atoms with Crippen molar-refractivity contribution in [2.45, 2.75) is 19.6 Å². The highest BCUT2D eigenvalue weighted by Crippen LogP contribution is 1.87. The van der Waals surface area contributed by atoms with Gasteiger partial charge in [0.25, 0.3) is 0 Å². The molecule has 0 atom stereocenters. The van der Waals surface area contributed by atoms with Gasteiger partial charge < -0.3 is 0 Å². The van der Waals surface area contributed by atoms with Crippen molar-refractivity contribution in [2.24, 2.45) is 0 Å². The van der Waals surface area contributed by atoms with Crippen LogP contribution in [0.4, 0.5) is 0 Å². The molecule has 0 heterocycles. The van der Waals surface area contributed by atoms with E-state index in [2.05, 4.69) is 19.6 Å². The van der Waals surface area contributed by atoms with E-state index < -0.39 is 7.59 Å². The normalized spacial score (nSPS) is 12.6. The molecule has 0 aromatic rings. The Hall–Kier alpha value is 0.434. The van der Waals surface area contributed by atoms with E-state index in [-0.39, 0.29) is 0 Å². The Labute approximate surface area is 37.8 Å². The van der Waals surface area contributed by atoms with E-state index in [4.69, 9.17) is 0 Å². The van der Waals surface area contributed by atoms with Crippen LogP contribution in [0.5, 0.6) is 0 Å². The largest absolute Gasteiger partial charge is 0.0722 e. The first kappa shape index (κ1) is 5.43. The first-order valence-electron chi connectivity index (χ1n) is 2.00. The van der Waals surface area contributed by atoms with Crippen LogP contribution in [0.25, 0.3) is 0 Å². The van der Waals surface area contributed by atoms with Crippen molar-refractivity contribution in [2.75, 3.05) is 0 Å². The van der Waals surface area contributed by atoms with Crippen LogP contribution in [0.15, 0.2) is 0 Å². The summed E-state index contributed by atoms with van der Waals surface area (Å²) in [6.45, 7) is 7.16. The highest BCUT2D eigenvalue weighted by Gasteiger charge is 1.99. The number of hydrogen-bond acceptors (Lipinski definition) is 0. The Kier molecular flexibility index (Phi) is 1.37. The maximum Gasteiger partial charge on any atom is 0.0271 e. The molecule has 0 aliphatic carbocycles. The first-order valence-corrected chi connectivity index (χ1v) is 9.00. The van der Waals surface area contributed by atoms with Crippen LogP contribution in [0.2, 0.25) is 19.6 Å². The fourth-order valence-corrected chi connectivity index (χ4v) is 0. The highest BCUT2D eigenvalue weighted by molar-refractivity contribution is 7.15. The second-order valence-corrected chi connectivity index (χ2v) is 18.0. The van der Waals surface area contributed by atoms with Gasteiger partial charge in [0.1, 0.15) is 0 Å². The van der Waals surface area contributed by atoms with Crippen molar-refractivity contribution >= 4 is 17.4 Å². The maximum atomic E-state index is 2.39. The summed E-state index contributed by atoms with van der Waals surface area (Å²) in [7, 11) is 0.975. The first-order chi connectivity index (χ1) is 2.00. The molecule has 0 aromatic heterocycles. The van der Waals surface area contributed by atoms with E-state index >= 15 is 0 Å². The third-order valence-corrected chi connectivity index (χ3v) is 0. The van der Waals surface area contributed by atoms with E-state index in [1.54, 1.807) is 0 Å². The van der Waals surface area contributed by atoms with E-state index in [0.717, 1.165) is 0 Å². The van der Waals surface area contributed by atoms with Crippen LogP contribution in [-0.2, 0) is 0 Å². The van der Waals surface area contributed by atoms with Crippen LogP contribution in [-0.4, -0.2) is 17.4 Å². The molecule has 0 N–H and O–H groups in total. The Morgan fingerprint density at radius 2 is 1.20 bits per heavy atom. The third-order valence-electron chi connectivity index (χ3n) is 0. The van der Waals surface area contributed by atoms with E-state index in [1.807, 2.05) is 0 Å². The Balaban J connectivity index is 3.02. The van der Waals surface area contributed by atoms with E-state index in [9.17, 15) is 0 Å². The summed E-state index contributed by atoms with van der Waals surface area (Å²) in [4.78, 5) is 0. The molecular formula is C3H12Si2. The third kappa shape index (κ3) is 140. The monoisotopic (exact) mass is 104 g/mol. The van der Waals surface area contributed by atoms with Gasteiger partial charge in [-0.1, -0.05) is 19.6 Å². The molecule has 0 bridgehead atoms. The van der Waals surface area contributed by atoms with Gasteiger partial charge in [0.15, 0.2) is 0 Å². The summed E-state index contributed by atoms with van der Waals surface area (Å²) >= 11 is 0. The Morgan fingerprint density at radius 1 is 1.20 bits per heavy atom. The molecule has 0 rings (SSSR count). The van der Waals surface area contributed by atoms with Crippen LogP contribution >= 0.6 is 0 Å². The van der Waals surface area contributed by atoms with Crippen LogP contribution in [0, 0.1) is 0 Å². The molecule has 0 radical (unpaired) electrons. The molecule has 0 aliphatic heterocycles. The minimum atomic E-state index is -0.472. The lowest BCUT2D eigenvalue weighted by atomic mass is 11.8. The topological polar surface area (TPSA) is 0 Å². The van der Waals surface area contributed by atoms with Crippen molar-refractivity contribution in [1.29, 1.82) is 0 Å². The molecule has 0 saturated carbocycles. The zero-order valence-corrected chi connectivity index (χ0v) is 7.50. The minimum Gasteiger partial charge on any atom is -0.0722 e. The standard InChI is InChI=1S/C3H12Si2/c1-5(2,3)4/h1-4H3. The molecule has 0 spiro atoms. The fourth-order valence-electron chi connectivity index (χ4n) is 0. The highest BCUT2D eigenvalue weighted by atomic mass is 29.2. The Bertz CT molecular complexity index is 20.4. The van der Waals surface area contributed by atoms with Gasteiger partial charge in [0, 0.05) is 7.59 Å². The van der Waals surface area contributed by atoms with E-state index in [0.29, 0.717) is 0 Å². The lowest BCUT2D eigenvalue weighted by Crippen LogP contribution is -2.18. The second kappa shape index (κ2) is 1.26. The van der Waals surface area contributed by atoms with Gasteiger partial charge in [-0.3, -0.25) is 0 Å². The average Bonchev–Trinajstić information content (AvgIpc) is 0.722. The lowest BCUT2D eigenvalue weighted by molar-refractivity contribution is 1.87. The summed E-state index contributed by atoms with van der Waals surface area (Å²) in [6, 6.07) is 0. The average molecular weight is 104 g/mol. The molecule has 0 aromatic carbocycles. The van der Waals surface area contributed by atoms with Crippen molar-refractivity contribution < 1.29 is 0 Å². The van der Waals surface area contributed by atoms with Gasteiger partial charge in [-0.05, 0) is 9.76 Å². The molecule has 0 aliphatic rings. The van der Waals surface area contributed by atoms with Crippen LogP contribution in [0.1, 0.15) is 0 Å². The van der Waals surface area contributed by atoms with Gasteiger partial charge in [-0.2, -0.15) is 0 Å². The molecule has 0 unspecified atom stereocenters. The summed E-state index contributed by atoms with van der Waals surface area (Å²) < 4.78 is 0. The Morgan fingerprint density at radius 3 is 1.20 bits per heavy atom. The molecule has 0 amide bonds. The fraction of sp³-hybridized carbons (Fsp3) is 1.00. The molecular weight excluding hydrogens is 92.2 g/mol. The van der Waals surface area contributed by atoms with Gasteiger partial charge in [0.2, 0.25) is 0 Å². The summed E-state index contributed by atoms with van der Waals surface area (Å²) in [5, 5.41) is 0. The van der Waals surface area contributed by atoms with Crippen molar-refractivity contribution in [1.82, 2.24) is 0 Å². The van der Waals surface area contributed by atoms with Gasteiger partial charge in [-0.25, -0.2) is 0 Å².